The highest BCUT2D eigenvalue weighted by Crippen LogP contribution is 2.41. The second kappa shape index (κ2) is 6.79. The van der Waals surface area contributed by atoms with Crippen LogP contribution in [0, 0.1) is 11.3 Å². The molecule has 2 heteroatoms. The van der Waals surface area contributed by atoms with Crippen LogP contribution in [-0.2, 0) is 0 Å². The molecular weight excluding hydrogens is 244 g/mol. The summed E-state index contributed by atoms with van der Waals surface area (Å²) in [6, 6.07) is 1.61. The Labute approximate surface area is 125 Å². The third-order valence-corrected chi connectivity index (χ3v) is 6.59. The van der Waals surface area contributed by atoms with Crippen molar-refractivity contribution in [2.24, 2.45) is 11.3 Å². The van der Waals surface area contributed by atoms with E-state index in [-0.39, 0.29) is 0 Å². The van der Waals surface area contributed by atoms with Crippen molar-refractivity contribution >= 4 is 0 Å². The SMILES string of the molecule is CCC1(CNC2CCCCC2C2CCCN2)CCCC1. The molecule has 0 spiro atoms. The molecular formula is C18H34N2. The van der Waals surface area contributed by atoms with E-state index in [4.69, 9.17) is 0 Å². The smallest absolute Gasteiger partial charge is 0.0111 e. The molecule has 2 N–H and O–H groups in total. The number of hydrogen-bond donors (Lipinski definition) is 2. The average molecular weight is 278 g/mol. The third kappa shape index (κ3) is 3.22. The van der Waals surface area contributed by atoms with Gasteiger partial charge in [-0.05, 0) is 62.8 Å². The van der Waals surface area contributed by atoms with Crippen LogP contribution in [0.4, 0.5) is 0 Å². The fourth-order valence-corrected chi connectivity index (χ4v) is 5.10. The quantitative estimate of drug-likeness (QED) is 0.798. The normalized spacial score (nSPS) is 37.4. The topological polar surface area (TPSA) is 24.1 Å². The van der Waals surface area contributed by atoms with Gasteiger partial charge in [-0.15, -0.1) is 0 Å². The Kier molecular flexibility index (Phi) is 5.04. The van der Waals surface area contributed by atoms with E-state index >= 15 is 0 Å². The van der Waals surface area contributed by atoms with Crippen LogP contribution in [0.2, 0.25) is 0 Å². The third-order valence-electron chi connectivity index (χ3n) is 6.59. The van der Waals surface area contributed by atoms with Crippen molar-refractivity contribution in [2.75, 3.05) is 13.1 Å². The molecule has 2 saturated carbocycles. The van der Waals surface area contributed by atoms with Gasteiger partial charge in [0.1, 0.15) is 0 Å². The highest BCUT2D eigenvalue weighted by Gasteiger charge is 2.36. The summed E-state index contributed by atoms with van der Waals surface area (Å²) in [5.41, 5.74) is 0.644. The molecule has 3 unspecified atom stereocenters. The van der Waals surface area contributed by atoms with E-state index < -0.39 is 0 Å². The Morgan fingerprint density at radius 3 is 2.50 bits per heavy atom. The van der Waals surface area contributed by atoms with Crippen LogP contribution in [0.5, 0.6) is 0 Å². The van der Waals surface area contributed by atoms with E-state index in [2.05, 4.69) is 17.6 Å². The monoisotopic (exact) mass is 278 g/mol. The Morgan fingerprint density at radius 1 is 1.00 bits per heavy atom. The van der Waals surface area contributed by atoms with Crippen LogP contribution in [0.1, 0.15) is 77.6 Å². The minimum absolute atomic E-state index is 0.644. The average Bonchev–Trinajstić information content (AvgIpc) is 3.18. The molecule has 0 aromatic heterocycles. The van der Waals surface area contributed by atoms with Gasteiger partial charge < -0.3 is 10.6 Å². The summed E-state index contributed by atoms with van der Waals surface area (Å²) < 4.78 is 0. The highest BCUT2D eigenvalue weighted by atomic mass is 15.0. The molecule has 3 atom stereocenters. The van der Waals surface area contributed by atoms with Crippen LogP contribution in [-0.4, -0.2) is 25.2 Å². The fraction of sp³-hybridized carbons (Fsp3) is 1.00. The van der Waals surface area contributed by atoms with Crippen LogP contribution in [0.15, 0.2) is 0 Å². The Hall–Kier alpha value is -0.0800. The molecule has 3 rings (SSSR count). The lowest BCUT2D eigenvalue weighted by molar-refractivity contribution is 0.180. The van der Waals surface area contributed by atoms with Crippen molar-refractivity contribution in [1.29, 1.82) is 0 Å². The van der Waals surface area contributed by atoms with E-state index in [0.29, 0.717) is 5.41 Å². The Balaban J connectivity index is 1.56. The van der Waals surface area contributed by atoms with E-state index in [0.717, 1.165) is 18.0 Å². The van der Waals surface area contributed by atoms with Gasteiger partial charge >= 0.3 is 0 Å². The first-order valence-electron chi connectivity index (χ1n) is 9.30. The van der Waals surface area contributed by atoms with Crippen LogP contribution >= 0.6 is 0 Å². The number of nitrogens with one attached hydrogen (secondary N) is 2. The summed E-state index contributed by atoms with van der Waals surface area (Å²) in [7, 11) is 0. The van der Waals surface area contributed by atoms with Gasteiger partial charge in [0.15, 0.2) is 0 Å². The number of rotatable bonds is 5. The zero-order valence-corrected chi connectivity index (χ0v) is 13.4. The molecule has 2 nitrogen and oxygen atoms in total. The van der Waals surface area contributed by atoms with Crippen molar-refractivity contribution in [3.05, 3.63) is 0 Å². The molecule has 1 saturated heterocycles. The minimum Gasteiger partial charge on any atom is -0.314 e. The largest absolute Gasteiger partial charge is 0.314 e. The lowest BCUT2D eigenvalue weighted by Crippen LogP contribution is -2.49. The fourth-order valence-electron chi connectivity index (χ4n) is 5.10. The first kappa shape index (κ1) is 14.8. The molecule has 0 amide bonds. The molecule has 0 aromatic rings. The summed E-state index contributed by atoms with van der Waals surface area (Å²) in [4.78, 5) is 0. The summed E-state index contributed by atoms with van der Waals surface area (Å²) in [6.07, 6.45) is 15.8. The molecule has 116 valence electrons. The standard InChI is InChI=1S/C18H34N2/c1-2-18(11-5-6-12-18)14-20-17-9-4-3-8-15(17)16-10-7-13-19-16/h15-17,19-20H,2-14H2,1H3. The summed E-state index contributed by atoms with van der Waals surface area (Å²) in [5.74, 6) is 0.904. The van der Waals surface area contributed by atoms with Gasteiger partial charge in [0.25, 0.3) is 0 Å². The van der Waals surface area contributed by atoms with Gasteiger partial charge in [0.2, 0.25) is 0 Å². The molecule has 0 radical (unpaired) electrons. The highest BCUT2D eigenvalue weighted by molar-refractivity contribution is 4.94. The molecule has 3 fully saturated rings. The van der Waals surface area contributed by atoms with Crippen molar-refractivity contribution < 1.29 is 0 Å². The van der Waals surface area contributed by atoms with Crippen LogP contribution in [0.3, 0.4) is 0 Å². The predicted molar refractivity (Wildman–Crippen MR) is 86.0 cm³/mol. The maximum Gasteiger partial charge on any atom is 0.0111 e. The maximum absolute atomic E-state index is 4.04. The van der Waals surface area contributed by atoms with Crippen molar-refractivity contribution in [3.8, 4) is 0 Å². The van der Waals surface area contributed by atoms with Gasteiger partial charge in [-0.25, -0.2) is 0 Å². The molecule has 3 aliphatic rings. The first-order valence-corrected chi connectivity index (χ1v) is 9.30. The second-order valence-corrected chi connectivity index (χ2v) is 7.70. The van der Waals surface area contributed by atoms with E-state index in [1.807, 2.05) is 0 Å². The lowest BCUT2D eigenvalue weighted by atomic mass is 9.77. The van der Waals surface area contributed by atoms with Crippen LogP contribution < -0.4 is 10.6 Å². The van der Waals surface area contributed by atoms with Gasteiger partial charge in [0, 0.05) is 18.6 Å². The minimum atomic E-state index is 0.644. The molecule has 2 aliphatic carbocycles. The van der Waals surface area contributed by atoms with Crippen LogP contribution in [0.25, 0.3) is 0 Å². The lowest BCUT2D eigenvalue weighted by Gasteiger charge is -2.39. The summed E-state index contributed by atoms with van der Waals surface area (Å²) in [6.45, 7) is 4.95. The molecule has 1 heterocycles. The van der Waals surface area contributed by atoms with Gasteiger partial charge in [-0.2, -0.15) is 0 Å². The van der Waals surface area contributed by atoms with E-state index in [1.54, 1.807) is 0 Å². The second-order valence-electron chi connectivity index (χ2n) is 7.70. The Morgan fingerprint density at radius 2 is 1.80 bits per heavy atom. The molecule has 0 aromatic carbocycles. The molecule has 20 heavy (non-hydrogen) atoms. The summed E-state index contributed by atoms with van der Waals surface area (Å²) >= 11 is 0. The van der Waals surface area contributed by atoms with Gasteiger partial charge in [0.05, 0.1) is 0 Å². The van der Waals surface area contributed by atoms with E-state index in [1.165, 1.54) is 83.7 Å². The Bertz CT molecular complexity index is 290. The molecule has 0 bridgehead atoms. The number of hydrogen-bond acceptors (Lipinski definition) is 2. The molecule has 1 aliphatic heterocycles. The predicted octanol–water partition coefficient (Wildman–Crippen LogP) is 3.86. The van der Waals surface area contributed by atoms with Crippen molar-refractivity contribution in [2.45, 2.75) is 89.6 Å². The zero-order valence-electron chi connectivity index (χ0n) is 13.4. The summed E-state index contributed by atoms with van der Waals surface area (Å²) in [5, 5.41) is 7.81. The van der Waals surface area contributed by atoms with Crippen molar-refractivity contribution in [3.63, 3.8) is 0 Å². The van der Waals surface area contributed by atoms with Crippen molar-refractivity contribution in [1.82, 2.24) is 10.6 Å². The van der Waals surface area contributed by atoms with Gasteiger partial charge in [-0.3, -0.25) is 0 Å². The van der Waals surface area contributed by atoms with Gasteiger partial charge in [-0.1, -0.05) is 32.6 Å². The van der Waals surface area contributed by atoms with E-state index in [9.17, 15) is 0 Å². The zero-order chi connectivity index (χ0) is 13.8. The maximum atomic E-state index is 4.04. The first-order chi connectivity index (χ1) is 9.83.